The van der Waals surface area contributed by atoms with Crippen LogP contribution in [0.3, 0.4) is 0 Å². The average molecular weight is 454 g/mol. The number of benzene rings is 1. The number of halogens is 4. The molecule has 1 aliphatic rings. The molecule has 1 aromatic heterocycles. The summed E-state index contributed by atoms with van der Waals surface area (Å²) in [7, 11) is -3.94. The zero-order valence-electron chi connectivity index (χ0n) is 12.2. The molecule has 4 nitrogen and oxygen atoms in total. The molecule has 1 aromatic carbocycles. The first-order valence-corrected chi connectivity index (χ1v) is 10.1. The van der Waals surface area contributed by atoms with E-state index in [0.717, 1.165) is 0 Å². The van der Waals surface area contributed by atoms with E-state index in [1.54, 1.807) is 0 Å². The zero-order chi connectivity index (χ0) is 17.5. The number of aromatic nitrogens is 1. The lowest BCUT2D eigenvalue weighted by Gasteiger charge is -2.23. The SMILES string of the molecule is O=S(=O)(c1cc(Br)cnc1Cl)N(Cc1c(F)cccc1Cl)C1CC1. The molecule has 2 aromatic rings. The van der Waals surface area contributed by atoms with Crippen LogP contribution in [0.25, 0.3) is 0 Å². The summed E-state index contributed by atoms with van der Waals surface area (Å²) in [6, 6.07) is 5.47. The molecular weight excluding hydrogens is 442 g/mol. The Bertz CT molecular complexity index is 871. The Hall–Kier alpha value is -0.730. The van der Waals surface area contributed by atoms with Crippen LogP contribution >= 0.6 is 39.1 Å². The van der Waals surface area contributed by atoms with Crippen molar-refractivity contribution < 1.29 is 12.8 Å². The van der Waals surface area contributed by atoms with Gasteiger partial charge in [0.2, 0.25) is 10.0 Å². The Morgan fingerprint density at radius 2 is 2.04 bits per heavy atom. The fourth-order valence-corrected chi connectivity index (χ4v) is 5.12. The van der Waals surface area contributed by atoms with E-state index >= 15 is 0 Å². The fourth-order valence-electron chi connectivity index (χ4n) is 2.32. The minimum atomic E-state index is -3.94. The van der Waals surface area contributed by atoms with Gasteiger partial charge in [-0.1, -0.05) is 29.3 Å². The second-order valence-electron chi connectivity index (χ2n) is 5.42. The summed E-state index contributed by atoms with van der Waals surface area (Å²) in [5, 5.41) is 0.0674. The molecule has 9 heteroatoms. The van der Waals surface area contributed by atoms with Gasteiger partial charge in [-0.05, 0) is 47.0 Å². The van der Waals surface area contributed by atoms with Crippen molar-refractivity contribution >= 4 is 49.2 Å². The van der Waals surface area contributed by atoms with Crippen molar-refractivity contribution in [3.05, 3.63) is 56.5 Å². The average Bonchev–Trinajstić information content (AvgIpc) is 3.33. The minimum Gasteiger partial charge on any atom is -0.242 e. The number of pyridine rings is 1. The van der Waals surface area contributed by atoms with E-state index in [1.165, 1.54) is 34.8 Å². The molecule has 0 saturated heterocycles. The first-order valence-electron chi connectivity index (χ1n) is 7.06. The molecule has 0 unspecified atom stereocenters. The smallest absolute Gasteiger partial charge is 0.242 e. The summed E-state index contributed by atoms with van der Waals surface area (Å²) < 4.78 is 41.9. The van der Waals surface area contributed by atoms with E-state index in [0.29, 0.717) is 17.3 Å². The van der Waals surface area contributed by atoms with Crippen molar-refractivity contribution in [3.8, 4) is 0 Å². The highest BCUT2D eigenvalue weighted by atomic mass is 79.9. The largest absolute Gasteiger partial charge is 0.246 e. The third-order valence-electron chi connectivity index (χ3n) is 3.69. The maximum absolute atomic E-state index is 14.1. The standard InChI is InChI=1S/C15H12BrCl2FN2O2S/c16-9-6-14(15(18)20-7-9)24(22,23)21(10-4-5-10)8-11-12(17)2-1-3-13(11)19/h1-3,6-7,10H,4-5,8H2. The molecule has 1 saturated carbocycles. The number of rotatable bonds is 5. The summed E-state index contributed by atoms with van der Waals surface area (Å²) >= 11 is 15.2. The molecule has 0 aliphatic heterocycles. The second-order valence-corrected chi connectivity index (χ2v) is 8.96. The topological polar surface area (TPSA) is 50.3 Å². The van der Waals surface area contributed by atoms with Crippen molar-refractivity contribution in [3.63, 3.8) is 0 Å². The second kappa shape index (κ2) is 6.88. The van der Waals surface area contributed by atoms with Crippen LogP contribution in [-0.4, -0.2) is 23.7 Å². The molecule has 0 N–H and O–H groups in total. The highest BCUT2D eigenvalue weighted by molar-refractivity contribution is 9.10. The van der Waals surface area contributed by atoms with Crippen molar-refractivity contribution in [2.75, 3.05) is 0 Å². The van der Waals surface area contributed by atoms with Gasteiger partial charge in [0, 0.05) is 33.8 Å². The van der Waals surface area contributed by atoms with Crippen LogP contribution in [0.4, 0.5) is 4.39 Å². The van der Waals surface area contributed by atoms with Gasteiger partial charge in [0.25, 0.3) is 0 Å². The van der Waals surface area contributed by atoms with E-state index in [4.69, 9.17) is 23.2 Å². The quantitative estimate of drug-likeness (QED) is 0.619. The van der Waals surface area contributed by atoms with E-state index in [9.17, 15) is 12.8 Å². The van der Waals surface area contributed by atoms with Gasteiger partial charge in [0.15, 0.2) is 0 Å². The van der Waals surface area contributed by atoms with E-state index in [2.05, 4.69) is 20.9 Å². The zero-order valence-corrected chi connectivity index (χ0v) is 16.1. The molecule has 1 heterocycles. The molecule has 24 heavy (non-hydrogen) atoms. The predicted molar refractivity (Wildman–Crippen MR) is 94.1 cm³/mol. The van der Waals surface area contributed by atoms with Gasteiger partial charge in [-0.15, -0.1) is 0 Å². The van der Waals surface area contributed by atoms with Crippen molar-refractivity contribution in [1.29, 1.82) is 0 Å². The fraction of sp³-hybridized carbons (Fsp3) is 0.267. The van der Waals surface area contributed by atoms with Crippen LogP contribution in [-0.2, 0) is 16.6 Å². The van der Waals surface area contributed by atoms with Crippen molar-refractivity contribution in [2.45, 2.75) is 30.3 Å². The predicted octanol–water partition coefficient (Wildman–Crippen LogP) is 4.64. The van der Waals surface area contributed by atoms with Gasteiger partial charge in [-0.3, -0.25) is 0 Å². The van der Waals surface area contributed by atoms with Crippen LogP contribution in [0.5, 0.6) is 0 Å². The van der Waals surface area contributed by atoms with E-state index in [1.807, 2.05) is 0 Å². The Labute approximate surface area is 157 Å². The van der Waals surface area contributed by atoms with Gasteiger partial charge < -0.3 is 0 Å². The van der Waals surface area contributed by atoms with Crippen LogP contribution in [0.15, 0.2) is 39.8 Å². The van der Waals surface area contributed by atoms with Gasteiger partial charge >= 0.3 is 0 Å². The summed E-state index contributed by atoms with van der Waals surface area (Å²) in [6.45, 7) is -0.151. The molecule has 0 atom stereocenters. The number of hydrogen-bond donors (Lipinski definition) is 0. The third-order valence-corrected chi connectivity index (χ3v) is 6.80. The Morgan fingerprint density at radius 3 is 2.67 bits per heavy atom. The molecule has 3 rings (SSSR count). The number of sulfonamides is 1. The maximum atomic E-state index is 14.1. The molecule has 128 valence electrons. The highest BCUT2D eigenvalue weighted by Gasteiger charge is 2.40. The number of nitrogens with zero attached hydrogens (tertiary/aromatic N) is 2. The van der Waals surface area contributed by atoms with Crippen LogP contribution in [0, 0.1) is 5.82 Å². The monoisotopic (exact) mass is 452 g/mol. The van der Waals surface area contributed by atoms with Crippen molar-refractivity contribution in [2.24, 2.45) is 0 Å². The van der Waals surface area contributed by atoms with Crippen LogP contribution in [0.1, 0.15) is 18.4 Å². The Kier molecular flexibility index (Phi) is 5.18. The van der Waals surface area contributed by atoms with Crippen LogP contribution in [0.2, 0.25) is 10.2 Å². The normalized spacial score (nSPS) is 15.0. The van der Waals surface area contributed by atoms with Gasteiger partial charge in [-0.25, -0.2) is 17.8 Å². The summed E-state index contributed by atoms with van der Waals surface area (Å²) in [5.74, 6) is -0.540. The summed E-state index contributed by atoms with van der Waals surface area (Å²) in [4.78, 5) is 3.75. The van der Waals surface area contributed by atoms with E-state index in [-0.39, 0.29) is 33.2 Å². The van der Waals surface area contributed by atoms with E-state index < -0.39 is 15.8 Å². The lowest BCUT2D eigenvalue weighted by atomic mass is 10.2. The molecular formula is C15H12BrCl2FN2O2S. The number of hydrogen-bond acceptors (Lipinski definition) is 3. The Morgan fingerprint density at radius 1 is 1.33 bits per heavy atom. The van der Waals surface area contributed by atoms with Gasteiger partial charge in [-0.2, -0.15) is 4.31 Å². The van der Waals surface area contributed by atoms with Gasteiger partial charge in [0.05, 0.1) is 0 Å². The maximum Gasteiger partial charge on any atom is 0.246 e. The summed E-state index contributed by atoms with van der Waals surface area (Å²) in [5.41, 5.74) is 0.147. The first-order chi connectivity index (χ1) is 11.3. The van der Waals surface area contributed by atoms with Crippen molar-refractivity contribution in [1.82, 2.24) is 9.29 Å². The molecule has 1 fully saturated rings. The van der Waals surface area contributed by atoms with Crippen LogP contribution < -0.4 is 0 Å². The summed E-state index contributed by atoms with van der Waals surface area (Å²) in [6.07, 6.45) is 2.84. The third kappa shape index (κ3) is 3.60. The Balaban J connectivity index is 2.04. The lowest BCUT2D eigenvalue weighted by molar-refractivity contribution is 0.391. The molecule has 0 spiro atoms. The molecule has 0 amide bonds. The highest BCUT2D eigenvalue weighted by Crippen LogP contribution is 2.37. The minimum absolute atomic E-state index is 0.113. The lowest BCUT2D eigenvalue weighted by Crippen LogP contribution is -2.33. The first kappa shape index (κ1) is 18.1. The molecule has 1 aliphatic carbocycles. The van der Waals surface area contributed by atoms with Gasteiger partial charge in [0.1, 0.15) is 15.9 Å². The molecule has 0 radical (unpaired) electrons. The molecule has 0 bridgehead atoms.